The molecule has 0 bridgehead atoms. The molecule has 0 amide bonds. The zero-order chi connectivity index (χ0) is 15.7. The van der Waals surface area contributed by atoms with Gasteiger partial charge in [0.2, 0.25) is 8.32 Å². The van der Waals surface area contributed by atoms with Crippen LogP contribution in [0.3, 0.4) is 0 Å². The van der Waals surface area contributed by atoms with Gasteiger partial charge in [-0.3, -0.25) is 0 Å². The Labute approximate surface area is 132 Å². The smallest absolute Gasteiger partial charge is 0.242 e. The van der Waals surface area contributed by atoms with Crippen molar-refractivity contribution in [2.75, 3.05) is 0 Å². The first-order valence-electron chi connectivity index (χ1n) is 8.38. The minimum atomic E-state index is -1.57. The van der Waals surface area contributed by atoms with E-state index in [0.29, 0.717) is 0 Å². The van der Waals surface area contributed by atoms with Crippen LogP contribution in [0.5, 0.6) is 0 Å². The first kappa shape index (κ1) is 18.0. The standard InChI is InChI=1S/C19H32OSi/c1-6-7-8-9-10-11-12-19(20-21(3,4)5)18-15-13-17(2)14-16-18/h12-16H,6-11H2,1-5H3/b19-12-. The van der Waals surface area contributed by atoms with Crippen molar-refractivity contribution in [2.24, 2.45) is 0 Å². The molecule has 2 heteroatoms. The molecule has 0 spiro atoms. The Bertz CT molecular complexity index is 426. The van der Waals surface area contributed by atoms with Gasteiger partial charge in [0, 0.05) is 5.56 Å². The van der Waals surface area contributed by atoms with Crippen LogP contribution >= 0.6 is 0 Å². The molecule has 0 fully saturated rings. The number of benzene rings is 1. The van der Waals surface area contributed by atoms with Crippen molar-refractivity contribution in [2.45, 2.75) is 72.0 Å². The molecule has 0 aromatic heterocycles. The minimum absolute atomic E-state index is 1.09. The highest BCUT2D eigenvalue weighted by atomic mass is 28.4. The topological polar surface area (TPSA) is 9.23 Å². The van der Waals surface area contributed by atoms with Crippen LogP contribution in [-0.2, 0) is 4.43 Å². The number of unbranched alkanes of at least 4 members (excludes halogenated alkanes) is 5. The lowest BCUT2D eigenvalue weighted by molar-refractivity contribution is 0.511. The lowest BCUT2D eigenvalue weighted by Gasteiger charge is -2.22. The third-order valence-electron chi connectivity index (χ3n) is 3.39. The van der Waals surface area contributed by atoms with Crippen molar-refractivity contribution in [1.82, 2.24) is 0 Å². The van der Waals surface area contributed by atoms with Gasteiger partial charge in [0.1, 0.15) is 5.76 Å². The SMILES string of the molecule is CCCCCCC/C=C(\O[Si](C)(C)C)c1ccc(C)cc1. The van der Waals surface area contributed by atoms with Crippen molar-refractivity contribution < 1.29 is 4.43 Å². The van der Waals surface area contributed by atoms with Crippen molar-refractivity contribution in [3.63, 3.8) is 0 Å². The summed E-state index contributed by atoms with van der Waals surface area (Å²) < 4.78 is 6.29. The molecule has 0 heterocycles. The van der Waals surface area contributed by atoms with E-state index in [2.05, 4.69) is 63.8 Å². The maximum absolute atomic E-state index is 6.29. The largest absolute Gasteiger partial charge is 0.544 e. The Morgan fingerprint density at radius 3 is 2.19 bits per heavy atom. The van der Waals surface area contributed by atoms with E-state index < -0.39 is 8.32 Å². The van der Waals surface area contributed by atoms with Gasteiger partial charge in [0.05, 0.1) is 0 Å². The number of hydrogen-bond donors (Lipinski definition) is 0. The van der Waals surface area contributed by atoms with Crippen molar-refractivity contribution in [3.05, 3.63) is 41.5 Å². The molecule has 0 radical (unpaired) electrons. The summed E-state index contributed by atoms with van der Waals surface area (Å²) in [4.78, 5) is 0. The summed E-state index contributed by atoms with van der Waals surface area (Å²) in [6.45, 7) is 11.1. The van der Waals surface area contributed by atoms with E-state index in [1.54, 1.807) is 0 Å². The fourth-order valence-electron chi connectivity index (χ4n) is 2.25. The Hall–Kier alpha value is -1.02. The van der Waals surface area contributed by atoms with Crippen LogP contribution in [0.15, 0.2) is 30.3 Å². The Morgan fingerprint density at radius 2 is 1.62 bits per heavy atom. The fraction of sp³-hybridized carbons (Fsp3) is 0.579. The Morgan fingerprint density at radius 1 is 1.00 bits per heavy atom. The highest BCUT2D eigenvalue weighted by Crippen LogP contribution is 2.23. The number of allylic oxidation sites excluding steroid dienone is 1. The monoisotopic (exact) mass is 304 g/mol. The van der Waals surface area contributed by atoms with Crippen LogP contribution in [0, 0.1) is 6.92 Å². The van der Waals surface area contributed by atoms with E-state index in [-0.39, 0.29) is 0 Å². The molecule has 0 N–H and O–H groups in total. The molecule has 21 heavy (non-hydrogen) atoms. The third kappa shape index (κ3) is 8.11. The quantitative estimate of drug-likeness (QED) is 0.285. The molecule has 0 aliphatic carbocycles. The number of rotatable bonds is 9. The number of aryl methyl sites for hydroxylation is 1. The molecular weight excluding hydrogens is 272 g/mol. The molecule has 0 unspecified atom stereocenters. The second kappa shape index (κ2) is 9.09. The highest BCUT2D eigenvalue weighted by Gasteiger charge is 2.18. The van der Waals surface area contributed by atoms with Crippen LogP contribution in [0.1, 0.15) is 56.6 Å². The molecular formula is C19H32OSi. The predicted molar refractivity (Wildman–Crippen MR) is 97.0 cm³/mol. The van der Waals surface area contributed by atoms with Gasteiger partial charge in [-0.1, -0.05) is 62.4 Å². The average Bonchev–Trinajstić information content (AvgIpc) is 2.41. The molecule has 0 atom stereocenters. The van der Waals surface area contributed by atoms with Crippen LogP contribution in [0.2, 0.25) is 19.6 Å². The Kier molecular flexibility index (Phi) is 7.80. The lowest BCUT2D eigenvalue weighted by Crippen LogP contribution is -2.24. The third-order valence-corrected chi connectivity index (χ3v) is 4.22. The summed E-state index contributed by atoms with van der Waals surface area (Å²) in [5.41, 5.74) is 2.52. The van der Waals surface area contributed by atoms with Crippen LogP contribution in [0.25, 0.3) is 5.76 Å². The summed E-state index contributed by atoms with van der Waals surface area (Å²) in [5.74, 6) is 1.09. The lowest BCUT2D eigenvalue weighted by atomic mass is 10.1. The zero-order valence-corrected chi connectivity index (χ0v) is 15.5. The highest BCUT2D eigenvalue weighted by molar-refractivity contribution is 6.70. The average molecular weight is 305 g/mol. The van der Waals surface area contributed by atoms with E-state index in [1.807, 2.05) is 0 Å². The molecule has 1 aromatic carbocycles. The van der Waals surface area contributed by atoms with Gasteiger partial charge in [-0.05, 0) is 45.5 Å². The van der Waals surface area contributed by atoms with Crippen LogP contribution < -0.4 is 0 Å². The van der Waals surface area contributed by atoms with E-state index in [0.717, 1.165) is 12.2 Å². The molecule has 1 rings (SSSR count). The molecule has 118 valence electrons. The van der Waals surface area contributed by atoms with Gasteiger partial charge < -0.3 is 4.43 Å². The van der Waals surface area contributed by atoms with Crippen LogP contribution in [-0.4, -0.2) is 8.32 Å². The second-order valence-corrected chi connectivity index (χ2v) is 11.3. The van der Waals surface area contributed by atoms with Crippen LogP contribution in [0.4, 0.5) is 0 Å². The Balaban J connectivity index is 2.66. The predicted octanol–water partition coefficient (Wildman–Crippen LogP) is 6.55. The second-order valence-electron chi connectivity index (χ2n) is 6.85. The first-order chi connectivity index (χ1) is 9.92. The summed E-state index contributed by atoms with van der Waals surface area (Å²) in [6.07, 6.45) is 10.1. The minimum Gasteiger partial charge on any atom is -0.544 e. The van der Waals surface area contributed by atoms with Gasteiger partial charge in [-0.15, -0.1) is 0 Å². The zero-order valence-electron chi connectivity index (χ0n) is 14.5. The van der Waals surface area contributed by atoms with E-state index in [9.17, 15) is 0 Å². The summed E-state index contributed by atoms with van der Waals surface area (Å²) in [6, 6.07) is 8.69. The summed E-state index contributed by atoms with van der Waals surface area (Å²) in [5, 5.41) is 0. The molecule has 0 aliphatic heterocycles. The van der Waals surface area contributed by atoms with Gasteiger partial charge in [0.25, 0.3) is 0 Å². The molecule has 0 aliphatic rings. The van der Waals surface area contributed by atoms with Gasteiger partial charge in [-0.2, -0.15) is 0 Å². The maximum atomic E-state index is 6.29. The van der Waals surface area contributed by atoms with Gasteiger partial charge in [-0.25, -0.2) is 0 Å². The molecule has 1 aromatic rings. The van der Waals surface area contributed by atoms with Crippen molar-refractivity contribution >= 4 is 14.1 Å². The van der Waals surface area contributed by atoms with Crippen molar-refractivity contribution in [3.8, 4) is 0 Å². The van der Waals surface area contributed by atoms with E-state index >= 15 is 0 Å². The normalized spacial score (nSPS) is 12.5. The molecule has 0 saturated carbocycles. The molecule has 0 saturated heterocycles. The summed E-state index contributed by atoms with van der Waals surface area (Å²) in [7, 11) is -1.57. The van der Waals surface area contributed by atoms with Gasteiger partial charge >= 0.3 is 0 Å². The van der Waals surface area contributed by atoms with E-state index in [4.69, 9.17) is 4.43 Å². The van der Waals surface area contributed by atoms with Crippen molar-refractivity contribution in [1.29, 1.82) is 0 Å². The summed E-state index contributed by atoms with van der Waals surface area (Å²) >= 11 is 0. The first-order valence-corrected chi connectivity index (χ1v) is 11.8. The number of hydrogen-bond acceptors (Lipinski definition) is 1. The molecule has 1 nitrogen and oxygen atoms in total. The maximum Gasteiger partial charge on any atom is 0.242 e. The van der Waals surface area contributed by atoms with E-state index in [1.165, 1.54) is 43.2 Å². The fourth-order valence-corrected chi connectivity index (χ4v) is 3.11. The van der Waals surface area contributed by atoms with Gasteiger partial charge in [0.15, 0.2) is 0 Å².